The molecule has 8 heteroatoms. The normalized spacial score (nSPS) is 17.9. The van der Waals surface area contributed by atoms with Gasteiger partial charge in [-0.2, -0.15) is 0 Å². The van der Waals surface area contributed by atoms with Crippen LogP contribution >= 0.6 is 24.0 Å². The van der Waals surface area contributed by atoms with Gasteiger partial charge in [-0.15, -0.1) is 24.0 Å². The van der Waals surface area contributed by atoms with Gasteiger partial charge in [0.25, 0.3) is 5.91 Å². The summed E-state index contributed by atoms with van der Waals surface area (Å²) in [4.78, 5) is 17.6. The number of hydrogen-bond donors (Lipinski definition) is 2. The molecule has 2 aromatic rings. The molecule has 1 aliphatic carbocycles. The molecule has 0 saturated heterocycles. The monoisotopic (exact) mass is 514 g/mol. The van der Waals surface area contributed by atoms with Crippen LogP contribution in [-0.2, 0) is 6.54 Å². The van der Waals surface area contributed by atoms with Crippen molar-refractivity contribution in [2.24, 2.45) is 4.99 Å². The minimum Gasteiger partial charge on any atom is -0.353 e. The predicted molar refractivity (Wildman–Crippen MR) is 121 cm³/mol. The number of nitrogens with one attached hydrogen (secondary N) is 2. The van der Waals surface area contributed by atoms with Crippen molar-refractivity contribution in [1.82, 2.24) is 15.5 Å². The van der Waals surface area contributed by atoms with Gasteiger partial charge in [0.1, 0.15) is 11.6 Å². The van der Waals surface area contributed by atoms with E-state index in [0.717, 1.165) is 5.56 Å². The quantitative estimate of drug-likeness (QED) is 0.365. The molecule has 1 amide bonds. The molecule has 0 bridgehead atoms. The van der Waals surface area contributed by atoms with Gasteiger partial charge in [0, 0.05) is 50.8 Å². The number of rotatable bonds is 5. The number of guanidine groups is 1. The molecule has 0 aliphatic heterocycles. The van der Waals surface area contributed by atoms with Crippen LogP contribution < -0.4 is 10.6 Å². The number of halogens is 3. The Labute approximate surface area is 186 Å². The van der Waals surface area contributed by atoms with Crippen molar-refractivity contribution < 1.29 is 13.6 Å². The molecular weight excluding hydrogens is 489 g/mol. The van der Waals surface area contributed by atoms with Crippen molar-refractivity contribution in [2.75, 3.05) is 21.1 Å². The lowest BCUT2D eigenvalue weighted by atomic mass is 10.1. The van der Waals surface area contributed by atoms with Crippen LogP contribution in [0.3, 0.4) is 0 Å². The molecule has 2 unspecified atom stereocenters. The van der Waals surface area contributed by atoms with Crippen LogP contribution in [0.15, 0.2) is 47.5 Å². The van der Waals surface area contributed by atoms with Crippen LogP contribution in [0.1, 0.15) is 33.8 Å². The summed E-state index contributed by atoms with van der Waals surface area (Å²) in [5, 5.41) is 6.39. The van der Waals surface area contributed by atoms with Crippen molar-refractivity contribution in [3.63, 3.8) is 0 Å². The van der Waals surface area contributed by atoms with Gasteiger partial charge in [0.05, 0.1) is 0 Å². The standard InChI is InChI=1S/C21H24F2N4O.HI/c1-24-21(25-12-13-7-9-14(10-8-13)20(28)27(2)3)26-18-11-15(18)19-16(22)5-4-6-17(19)23;/h4-10,15,18H,11-12H2,1-3H3,(H2,24,25,26);1H. The van der Waals surface area contributed by atoms with Crippen molar-refractivity contribution >= 4 is 35.8 Å². The zero-order chi connectivity index (χ0) is 20.3. The number of amides is 1. The number of nitrogens with zero attached hydrogens (tertiary/aromatic N) is 2. The van der Waals surface area contributed by atoms with E-state index in [1.165, 1.54) is 23.1 Å². The number of aliphatic imine (C=N–C) groups is 1. The fourth-order valence-corrected chi connectivity index (χ4v) is 3.12. The minimum absolute atomic E-state index is 0. The maximum Gasteiger partial charge on any atom is 0.253 e. The molecule has 156 valence electrons. The summed E-state index contributed by atoms with van der Waals surface area (Å²) in [7, 11) is 5.08. The van der Waals surface area contributed by atoms with E-state index in [1.807, 2.05) is 12.1 Å². The molecule has 1 aliphatic rings. The van der Waals surface area contributed by atoms with Crippen LogP contribution in [0.5, 0.6) is 0 Å². The molecule has 29 heavy (non-hydrogen) atoms. The van der Waals surface area contributed by atoms with Gasteiger partial charge < -0.3 is 15.5 Å². The van der Waals surface area contributed by atoms with E-state index in [4.69, 9.17) is 0 Å². The van der Waals surface area contributed by atoms with Crippen LogP contribution in [0, 0.1) is 11.6 Å². The Morgan fingerprint density at radius 2 is 1.76 bits per heavy atom. The van der Waals surface area contributed by atoms with E-state index >= 15 is 0 Å². The Bertz CT molecular complexity index is 866. The van der Waals surface area contributed by atoms with E-state index in [-0.39, 0.29) is 47.4 Å². The molecule has 0 aromatic heterocycles. The molecular formula is C21H25F2IN4O. The average molecular weight is 514 g/mol. The third-order valence-corrected chi connectivity index (χ3v) is 4.77. The largest absolute Gasteiger partial charge is 0.353 e. The molecule has 2 aromatic carbocycles. The van der Waals surface area contributed by atoms with Gasteiger partial charge in [-0.1, -0.05) is 18.2 Å². The number of hydrogen-bond acceptors (Lipinski definition) is 2. The van der Waals surface area contributed by atoms with E-state index in [1.54, 1.807) is 33.3 Å². The first kappa shape index (κ1) is 23.1. The number of carbonyl (C=O) groups is 1. The summed E-state index contributed by atoms with van der Waals surface area (Å²) in [5.74, 6) is -0.694. The Balaban J connectivity index is 0.00000300. The van der Waals surface area contributed by atoms with Gasteiger partial charge in [0.2, 0.25) is 0 Å². The molecule has 0 radical (unpaired) electrons. The van der Waals surface area contributed by atoms with Gasteiger partial charge in [-0.25, -0.2) is 8.78 Å². The smallest absolute Gasteiger partial charge is 0.253 e. The number of carbonyl (C=O) groups excluding carboxylic acids is 1. The highest BCUT2D eigenvalue weighted by molar-refractivity contribution is 14.0. The summed E-state index contributed by atoms with van der Waals surface area (Å²) in [5.41, 5.74) is 1.76. The fourth-order valence-electron chi connectivity index (χ4n) is 3.12. The van der Waals surface area contributed by atoms with Crippen molar-refractivity contribution in [2.45, 2.75) is 24.9 Å². The molecule has 5 nitrogen and oxygen atoms in total. The summed E-state index contributed by atoms with van der Waals surface area (Å²) < 4.78 is 27.8. The van der Waals surface area contributed by atoms with Crippen molar-refractivity contribution in [1.29, 1.82) is 0 Å². The second-order valence-electron chi connectivity index (χ2n) is 7.05. The molecule has 1 fully saturated rings. The lowest BCUT2D eigenvalue weighted by molar-refractivity contribution is 0.0827. The lowest BCUT2D eigenvalue weighted by Crippen LogP contribution is -2.38. The first-order valence-electron chi connectivity index (χ1n) is 9.12. The number of benzene rings is 2. The highest BCUT2D eigenvalue weighted by Crippen LogP contribution is 2.43. The van der Waals surface area contributed by atoms with Crippen molar-refractivity contribution in [3.8, 4) is 0 Å². The molecule has 2 atom stereocenters. The van der Waals surface area contributed by atoms with E-state index < -0.39 is 11.6 Å². The average Bonchev–Trinajstić information content (AvgIpc) is 3.43. The second-order valence-corrected chi connectivity index (χ2v) is 7.05. The topological polar surface area (TPSA) is 56.7 Å². The van der Waals surface area contributed by atoms with Crippen LogP contribution in [0.25, 0.3) is 0 Å². The third-order valence-electron chi connectivity index (χ3n) is 4.77. The fraction of sp³-hybridized carbons (Fsp3) is 0.333. The maximum absolute atomic E-state index is 13.9. The first-order chi connectivity index (χ1) is 13.4. The Hall–Kier alpha value is -2.23. The Morgan fingerprint density at radius 1 is 1.14 bits per heavy atom. The van der Waals surface area contributed by atoms with E-state index in [0.29, 0.717) is 24.5 Å². The molecule has 2 N–H and O–H groups in total. The molecule has 3 rings (SSSR count). The third kappa shape index (κ3) is 5.65. The Kier molecular flexibility index (Phi) is 7.95. The highest BCUT2D eigenvalue weighted by atomic mass is 127. The van der Waals surface area contributed by atoms with Gasteiger partial charge in [0.15, 0.2) is 5.96 Å². The lowest BCUT2D eigenvalue weighted by Gasteiger charge is -2.13. The predicted octanol–water partition coefficient (Wildman–Crippen LogP) is 3.51. The zero-order valence-corrected chi connectivity index (χ0v) is 18.9. The van der Waals surface area contributed by atoms with Crippen LogP contribution in [-0.4, -0.2) is 44.0 Å². The summed E-state index contributed by atoms with van der Waals surface area (Å²) >= 11 is 0. The SMILES string of the molecule is CN=C(NCc1ccc(C(=O)N(C)C)cc1)NC1CC1c1c(F)cccc1F.I. The highest BCUT2D eigenvalue weighted by Gasteiger charge is 2.42. The Morgan fingerprint density at radius 3 is 2.31 bits per heavy atom. The molecule has 0 spiro atoms. The van der Waals surface area contributed by atoms with Gasteiger partial charge in [-0.3, -0.25) is 9.79 Å². The molecule has 0 heterocycles. The second kappa shape index (κ2) is 10.00. The molecule has 1 saturated carbocycles. The van der Waals surface area contributed by atoms with Crippen LogP contribution in [0.4, 0.5) is 8.78 Å². The van der Waals surface area contributed by atoms with Crippen molar-refractivity contribution in [3.05, 3.63) is 70.8 Å². The summed E-state index contributed by atoms with van der Waals surface area (Å²) in [6.07, 6.45) is 0.653. The van der Waals surface area contributed by atoms with E-state index in [2.05, 4.69) is 15.6 Å². The first-order valence-corrected chi connectivity index (χ1v) is 9.12. The zero-order valence-electron chi connectivity index (χ0n) is 16.6. The van der Waals surface area contributed by atoms with Gasteiger partial charge in [-0.05, 0) is 36.2 Å². The minimum atomic E-state index is -0.510. The summed E-state index contributed by atoms with van der Waals surface area (Å²) in [6.45, 7) is 0.515. The summed E-state index contributed by atoms with van der Waals surface area (Å²) in [6, 6.07) is 11.2. The van der Waals surface area contributed by atoms with Gasteiger partial charge >= 0.3 is 0 Å². The van der Waals surface area contributed by atoms with Crippen LogP contribution in [0.2, 0.25) is 0 Å². The van der Waals surface area contributed by atoms with E-state index in [9.17, 15) is 13.6 Å². The maximum atomic E-state index is 13.9.